The molecule has 0 aliphatic carbocycles. The zero-order valence-electron chi connectivity index (χ0n) is 16.2. The fourth-order valence-electron chi connectivity index (χ4n) is 3.11. The van der Waals surface area contributed by atoms with Gasteiger partial charge in [0.1, 0.15) is 18.2 Å². The molecule has 0 aromatic heterocycles. The van der Waals surface area contributed by atoms with Crippen LogP contribution >= 0.6 is 11.6 Å². The second-order valence-electron chi connectivity index (χ2n) is 6.69. The van der Waals surface area contributed by atoms with Crippen LogP contribution in [0.5, 0.6) is 5.75 Å². The smallest absolute Gasteiger partial charge is 0.258 e. The average Bonchev–Trinajstić information content (AvgIpc) is 3.11. The number of hydrogen-bond acceptors (Lipinski definition) is 7. The first-order valence-corrected chi connectivity index (χ1v) is 9.39. The minimum absolute atomic E-state index is 0.154. The predicted octanol–water partition coefficient (Wildman–Crippen LogP) is 2.12. The van der Waals surface area contributed by atoms with E-state index in [9.17, 15) is 4.79 Å². The highest BCUT2D eigenvalue weighted by atomic mass is 35.5. The first-order chi connectivity index (χ1) is 13.8. The van der Waals surface area contributed by atoms with E-state index in [-0.39, 0.29) is 32.1 Å². The third kappa shape index (κ3) is 4.16. The van der Waals surface area contributed by atoms with Crippen molar-refractivity contribution >= 4 is 28.9 Å². The molecule has 29 heavy (non-hydrogen) atoms. The molecule has 8 nitrogen and oxygen atoms in total. The number of nitrogens with two attached hydrogens (primary N) is 1. The number of halogens is 1. The molecule has 0 saturated carbocycles. The van der Waals surface area contributed by atoms with E-state index in [1.165, 1.54) is 6.07 Å². The Balaban J connectivity index is 1.89. The third-order valence-electron chi connectivity index (χ3n) is 4.58. The molecule has 2 aliphatic rings. The highest BCUT2D eigenvalue weighted by Crippen LogP contribution is 2.27. The molecule has 1 aromatic carbocycles. The average molecular weight is 413 g/mol. The number of hydrogen-bond donors (Lipinski definition) is 3. The Bertz CT molecular complexity index is 1020. The van der Waals surface area contributed by atoms with Crippen LogP contribution in [0, 0.1) is 16.7 Å². The van der Waals surface area contributed by atoms with Gasteiger partial charge in [-0.05, 0) is 32.0 Å². The fraction of sp³-hybridized carbons (Fsp3) is 0.300. The number of nitrogens with zero attached hydrogens (tertiary/aromatic N) is 3. The summed E-state index contributed by atoms with van der Waals surface area (Å²) in [7, 11) is 0. The minimum atomic E-state index is -0.288. The second kappa shape index (κ2) is 8.47. The number of benzene rings is 1. The van der Waals surface area contributed by atoms with Crippen LogP contribution < -0.4 is 15.8 Å². The number of nitriles is 1. The van der Waals surface area contributed by atoms with Gasteiger partial charge in [-0.2, -0.15) is 5.26 Å². The van der Waals surface area contributed by atoms with Gasteiger partial charge < -0.3 is 26.1 Å². The van der Waals surface area contributed by atoms with Crippen LogP contribution in [0.1, 0.15) is 29.8 Å². The lowest BCUT2D eigenvalue weighted by Gasteiger charge is -2.19. The highest BCUT2D eigenvalue weighted by molar-refractivity contribution is 6.43. The summed E-state index contributed by atoms with van der Waals surface area (Å²) in [5, 5.41) is 21.1. The van der Waals surface area contributed by atoms with Crippen LogP contribution in [0.25, 0.3) is 0 Å². The van der Waals surface area contributed by atoms with Crippen molar-refractivity contribution in [2.24, 2.45) is 10.7 Å². The van der Waals surface area contributed by atoms with Crippen molar-refractivity contribution in [1.82, 2.24) is 10.2 Å². The Morgan fingerprint density at radius 3 is 2.86 bits per heavy atom. The van der Waals surface area contributed by atoms with E-state index in [0.717, 1.165) is 5.70 Å². The van der Waals surface area contributed by atoms with Gasteiger partial charge in [-0.15, -0.1) is 0 Å². The number of carbonyl (C=O) groups excluding carboxylic acids is 1. The summed E-state index contributed by atoms with van der Waals surface area (Å²) < 4.78 is 5.58. The molecule has 1 aromatic rings. The van der Waals surface area contributed by atoms with Gasteiger partial charge in [0.25, 0.3) is 5.91 Å². The van der Waals surface area contributed by atoms with Gasteiger partial charge in [0, 0.05) is 17.8 Å². The van der Waals surface area contributed by atoms with Gasteiger partial charge in [-0.1, -0.05) is 11.6 Å². The number of nitrogens with one attached hydrogen (secondary N) is 2. The van der Waals surface area contributed by atoms with Gasteiger partial charge in [0.2, 0.25) is 0 Å². The summed E-state index contributed by atoms with van der Waals surface area (Å²) in [6, 6.07) is 6.69. The molecule has 0 unspecified atom stereocenters. The van der Waals surface area contributed by atoms with Crippen molar-refractivity contribution < 1.29 is 9.53 Å². The molecule has 1 amide bonds. The number of rotatable bonds is 4. The van der Waals surface area contributed by atoms with Gasteiger partial charge in [-0.3, -0.25) is 4.79 Å². The zero-order valence-corrected chi connectivity index (χ0v) is 16.9. The summed E-state index contributed by atoms with van der Waals surface area (Å²) in [4.78, 5) is 19.1. The van der Waals surface area contributed by atoms with E-state index < -0.39 is 0 Å². The predicted molar refractivity (Wildman–Crippen MR) is 111 cm³/mol. The summed E-state index contributed by atoms with van der Waals surface area (Å²) in [6.07, 6.45) is 0. The molecule has 0 spiro atoms. The van der Waals surface area contributed by atoms with Crippen LogP contribution in [0.2, 0.25) is 0 Å². The maximum Gasteiger partial charge on any atom is 0.258 e. The molecule has 9 heteroatoms. The summed E-state index contributed by atoms with van der Waals surface area (Å²) >= 11 is 6.17. The van der Waals surface area contributed by atoms with E-state index in [1.54, 1.807) is 24.0 Å². The summed E-state index contributed by atoms with van der Waals surface area (Å²) in [6.45, 7) is 4.53. The zero-order chi connectivity index (χ0) is 21.1. The van der Waals surface area contributed by atoms with E-state index in [0.29, 0.717) is 44.7 Å². The third-order valence-corrected chi connectivity index (χ3v) is 5.14. The number of aliphatic imine (C=N–C) groups is 1. The number of ether oxygens (including phenoxy) is 1. The molecule has 1 saturated heterocycles. The van der Waals surface area contributed by atoms with Crippen LogP contribution in [0.4, 0.5) is 0 Å². The van der Waals surface area contributed by atoms with E-state index in [4.69, 9.17) is 32.7 Å². The van der Waals surface area contributed by atoms with E-state index >= 15 is 0 Å². The van der Waals surface area contributed by atoms with Gasteiger partial charge >= 0.3 is 0 Å². The quantitative estimate of drug-likeness (QED) is 0.697. The first-order valence-electron chi connectivity index (χ1n) is 9.02. The lowest BCUT2D eigenvalue weighted by atomic mass is 10.1. The van der Waals surface area contributed by atoms with Gasteiger partial charge in [0.15, 0.2) is 0 Å². The lowest BCUT2D eigenvalue weighted by Crippen LogP contribution is -2.29. The van der Waals surface area contributed by atoms with Crippen LogP contribution in [0.15, 0.2) is 45.3 Å². The Labute approximate surface area is 173 Å². The van der Waals surface area contributed by atoms with Crippen LogP contribution in [0.3, 0.4) is 0 Å². The molecule has 0 radical (unpaired) electrons. The van der Waals surface area contributed by atoms with Crippen molar-refractivity contribution in [3.05, 3.63) is 51.4 Å². The Morgan fingerprint density at radius 2 is 2.21 bits per heavy atom. The SMILES string of the molecule is CC1=N/C(=C2\CN(C(=O)c3ccc(C#N)cc3OCCN)CC2=N)NC(C)=C1Cl. The van der Waals surface area contributed by atoms with Crippen molar-refractivity contribution in [2.75, 3.05) is 26.2 Å². The molecule has 150 valence electrons. The fourth-order valence-corrected chi connectivity index (χ4v) is 3.20. The summed E-state index contributed by atoms with van der Waals surface area (Å²) in [5.41, 5.74) is 8.57. The molecule has 2 heterocycles. The molecular weight excluding hydrogens is 392 g/mol. The summed E-state index contributed by atoms with van der Waals surface area (Å²) in [5.74, 6) is 0.551. The topological polar surface area (TPSA) is 128 Å². The molecule has 0 atom stereocenters. The molecular formula is C20H21ClN6O2. The Kier molecular flexibility index (Phi) is 6.01. The number of allylic oxidation sites excluding steroid dienone is 2. The second-order valence-corrected chi connectivity index (χ2v) is 7.07. The largest absolute Gasteiger partial charge is 0.491 e. The number of carbonyl (C=O) groups is 1. The first kappa shape index (κ1) is 20.6. The number of likely N-dealkylation sites (tertiary alicyclic amines) is 1. The van der Waals surface area contributed by atoms with Gasteiger partial charge in [0.05, 0.1) is 46.7 Å². The van der Waals surface area contributed by atoms with Crippen molar-refractivity contribution in [1.29, 1.82) is 10.7 Å². The number of amides is 1. The molecule has 4 N–H and O–H groups in total. The van der Waals surface area contributed by atoms with Crippen molar-refractivity contribution in [3.8, 4) is 11.8 Å². The Hall–Kier alpha value is -3.15. The van der Waals surface area contributed by atoms with Gasteiger partial charge in [-0.25, -0.2) is 4.99 Å². The lowest BCUT2D eigenvalue weighted by molar-refractivity contribution is 0.0799. The van der Waals surface area contributed by atoms with E-state index in [1.807, 2.05) is 13.0 Å². The normalized spacial score (nSPS) is 19.1. The molecule has 3 rings (SSSR count). The maximum atomic E-state index is 13.1. The molecule has 1 fully saturated rings. The standard InChI is InChI=1S/C20H21ClN6O2/c1-11-18(21)12(2)26-19(25-11)15-9-27(10-16(15)24)20(28)14-4-3-13(8-23)7-17(14)29-6-5-22/h3-4,7,24-25H,5-6,9-10,22H2,1-2H3/b19-15+,24-16?. The minimum Gasteiger partial charge on any atom is -0.491 e. The van der Waals surface area contributed by atoms with Crippen molar-refractivity contribution in [3.63, 3.8) is 0 Å². The highest BCUT2D eigenvalue weighted by Gasteiger charge is 2.31. The molecule has 0 bridgehead atoms. The molecule has 2 aliphatic heterocycles. The van der Waals surface area contributed by atoms with Crippen molar-refractivity contribution in [2.45, 2.75) is 13.8 Å². The van der Waals surface area contributed by atoms with E-state index in [2.05, 4.69) is 10.3 Å². The Morgan fingerprint density at radius 1 is 1.45 bits per heavy atom. The maximum absolute atomic E-state index is 13.1. The monoisotopic (exact) mass is 412 g/mol. The van der Waals surface area contributed by atoms with Crippen LogP contribution in [-0.2, 0) is 0 Å². The van der Waals surface area contributed by atoms with Crippen LogP contribution in [-0.4, -0.2) is 48.5 Å².